The van der Waals surface area contributed by atoms with Crippen LogP contribution in [-0.4, -0.2) is 61.5 Å². The first-order valence-electron chi connectivity index (χ1n) is 13.3. The summed E-state index contributed by atoms with van der Waals surface area (Å²) in [6.45, 7) is 12.0. The van der Waals surface area contributed by atoms with E-state index in [9.17, 15) is 19.5 Å². The van der Waals surface area contributed by atoms with Crippen LogP contribution in [0.1, 0.15) is 74.6 Å². The maximum Gasteiger partial charge on any atom is 0.419 e. The number of ether oxygens (including phenoxy) is 2. The lowest BCUT2D eigenvalue weighted by molar-refractivity contribution is 0.0148. The van der Waals surface area contributed by atoms with E-state index in [0.29, 0.717) is 16.5 Å². The summed E-state index contributed by atoms with van der Waals surface area (Å²) in [5, 5.41) is 13.3. The number of aliphatic hydroxyl groups excluding tert-OH is 1. The topological polar surface area (TPSA) is 114 Å². The second-order valence-electron chi connectivity index (χ2n) is 12.3. The lowest BCUT2D eigenvalue weighted by atomic mass is 9.85. The lowest BCUT2D eigenvalue weighted by Gasteiger charge is -2.27. The quantitative estimate of drug-likeness (QED) is 0.299. The number of fused-ring (bicyclic) bond motifs is 4. The first kappa shape index (κ1) is 27.5. The van der Waals surface area contributed by atoms with Crippen LogP contribution in [0, 0.1) is 6.92 Å². The number of rotatable bonds is 1. The minimum Gasteiger partial charge on any atom is -0.443 e. The predicted octanol–water partition coefficient (Wildman–Crippen LogP) is 6.10. The molecule has 0 bridgehead atoms. The number of benzene rings is 2. The summed E-state index contributed by atoms with van der Waals surface area (Å²) in [5.41, 5.74) is 1.80. The summed E-state index contributed by atoms with van der Waals surface area (Å²) >= 11 is 0. The minimum atomic E-state index is -1.20. The molecular weight excluding hydrogens is 510 g/mol. The molecule has 4 aromatic rings. The Kier molecular flexibility index (Phi) is 6.53. The van der Waals surface area contributed by atoms with Gasteiger partial charge in [-0.3, -0.25) is 4.79 Å². The van der Waals surface area contributed by atoms with Crippen LogP contribution in [-0.2, 0) is 9.47 Å². The zero-order valence-electron chi connectivity index (χ0n) is 23.9. The number of aromatic amines is 1. The molecule has 0 radical (unpaired) electrons. The molecule has 0 spiro atoms. The zero-order valence-corrected chi connectivity index (χ0v) is 23.9. The molecule has 2 amide bonds. The molecule has 1 aliphatic heterocycles. The van der Waals surface area contributed by atoms with Gasteiger partial charge in [0, 0.05) is 34.0 Å². The molecule has 0 fully saturated rings. The highest BCUT2D eigenvalue weighted by molar-refractivity contribution is 6.11. The summed E-state index contributed by atoms with van der Waals surface area (Å²) in [6, 6.07) is 13.0. The van der Waals surface area contributed by atoms with Crippen molar-refractivity contribution in [3.05, 3.63) is 71.0 Å². The van der Waals surface area contributed by atoms with Gasteiger partial charge >= 0.3 is 12.2 Å². The number of nitrogens with one attached hydrogen (secondary N) is 1. The number of imide groups is 1. The van der Waals surface area contributed by atoms with Crippen LogP contribution in [0.15, 0.2) is 48.7 Å². The Morgan fingerprint density at radius 2 is 1.55 bits per heavy atom. The van der Waals surface area contributed by atoms with E-state index in [0.717, 1.165) is 26.9 Å². The monoisotopic (exact) mass is 545 g/mol. The van der Waals surface area contributed by atoms with Crippen LogP contribution in [0.5, 0.6) is 0 Å². The summed E-state index contributed by atoms with van der Waals surface area (Å²) in [4.78, 5) is 45.5. The minimum absolute atomic E-state index is 0.0372. The Labute approximate surface area is 232 Å². The molecule has 9 nitrogen and oxygen atoms in total. The van der Waals surface area contributed by atoms with Crippen molar-refractivity contribution in [1.82, 2.24) is 14.5 Å². The van der Waals surface area contributed by atoms with Crippen LogP contribution in [0.3, 0.4) is 0 Å². The van der Waals surface area contributed by atoms with E-state index < -0.39 is 41.3 Å². The van der Waals surface area contributed by atoms with Crippen molar-refractivity contribution in [1.29, 1.82) is 0 Å². The number of carbonyl (C=O) groups excluding carboxylic acids is 3. The second kappa shape index (κ2) is 9.52. The van der Waals surface area contributed by atoms with E-state index in [4.69, 9.17) is 9.47 Å². The lowest BCUT2D eigenvalue weighted by Crippen LogP contribution is -2.45. The van der Waals surface area contributed by atoms with E-state index in [1.165, 1.54) is 4.57 Å². The predicted molar refractivity (Wildman–Crippen MR) is 152 cm³/mol. The van der Waals surface area contributed by atoms with Crippen LogP contribution < -0.4 is 0 Å². The molecule has 0 unspecified atom stereocenters. The number of aryl methyl sites for hydroxylation is 1. The molecule has 0 aliphatic carbocycles. The number of nitrogens with zero attached hydrogens (tertiary/aromatic N) is 2. The van der Waals surface area contributed by atoms with Gasteiger partial charge in [-0.25, -0.2) is 19.1 Å². The van der Waals surface area contributed by atoms with E-state index in [1.807, 2.05) is 43.5 Å². The molecule has 9 heteroatoms. The van der Waals surface area contributed by atoms with E-state index in [1.54, 1.807) is 53.7 Å². The maximum absolute atomic E-state index is 14.3. The van der Waals surface area contributed by atoms with Gasteiger partial charge in [-0.1, -0.05) is 36.4 Å². The fourth-order valence-corrected chi connectivity index (χ4v) is 5.41. The van der Waals surface area contributed by atoms with Crippen LogP contribution in [0.2, 0.25) is 0 Å². The van der Waals surface area contributed by atoms with Gasteiger partial charge in [-0.15, -0.1) is 0 Å². The third-order valence-corrected chi connectivity index (χ3v) is 6.91. The number of carbonyl (C=O) groups is 3. The highest BCUT2D eigenvalue weighted by Crippen LogP contribution is 2.43. The number of hydrogen-bond donors (Lipinski definition) is 2. The van der Waals surface area contributed by atoms with Crippen LogP contribution in [0.4, 0.5) is 9.59 Å². The summed E-state index contributed by atoms with van der Waals surface area (Å²) in [5.74, 6) is -1.50. The molecule has 5 rings (SSSR count). The first-order chi connectivity index (χ1) is 18.7. The molecule has 2 aromatic heterocycles. The van der Waals surface area contributed by atoms with Crippen molar-refractivity contribution in [3.63, 3.8) is 0 Å². The smallest absolute Gasteiger partial charge is 0.419 e. The number of H-pyrrole nitrogens is 1. The molecule has 2 atom stereocenters. The Balaban J connectivity index is 1.83. The fraction of sp³-hybridized carbons (Fsp3) is 0.387. The first-order valence-corrected chi connectivity index (χ1v) is 13.3. The number of aromatic nitrogens is 2. The number of hydrogen-bond acceptors (Lipinski definition) is 6. The highest BCUT2D eigenvalue weighted by Gasteiger charge is 2.44. The van der Waals surface area contributed by atoms with Gasteiger partial charge in [0.1, 0.15) is 16.9 Å². The van der Waals surface area contributed by atoms with Crippen molar-refractivity contribution in [2.45, 2.75) is 71.7 Å². The molecule has 3 heterocycles. The van der Waals surface area contributed by atoms with Crippen molar-refractivity contribution >= 4 is 39.9 Å². The molecule has 210 valence electrons. The maximum atomic E-state index is 14.3. The van der Waals surface area contributed by atoms with Gasteiger partial charge in [0.2, 0.25) is 0 Å². The molecule has 0 saturated heterocycles. The molecule has 40 heavy (non-hydrogen) atoms. The van der Waals surface area contributed by atoms with Gasteiger partial charge in [-0.05, 0) is 65.7 Å². The normalized spacial score (nSPS) is 18.1. The summed E-state index contributed by atoms with van der Waals surface area (Å²) in [6.07, 6.45) is -1.04. The Morgan fingerprint density at radius 3 is 2.23 bits per heavy atom. The largest absolute Gasteiger partial charge is 0.443 e. The van der Waals surface area contributed by atoms with E-state index >= 15 is 0 Å². The SMILES string of the molecule is Cc1cccc2c([C@@H]3c4c(n(C(=O)OC(C)(C)C)c5ccccc45)C(=O)N(C(=O)OC(C)(C)C)C[C@H]3O)c[nH]c12. The van der Waals surface area contributed by atoms with Crippen LogP contribution in [0.25, 0.3) is 21.8 Å². The number of β-amino-alcohol motifs (C(OH)–C–C–N with tert-alkyl or cyclic N) is 1. The van der Waals surface area contributed by atoms with Crippen molar-refractivity contribution in [3.8, 4) is 0 Å². The number of amides is 2. The number of para-hydroxylation sites is 2. The third-order valence-electron chi connectivity index (χ3n) is 6.91. The van der Waals surface area contributed by atoms with Gasteiger partial charge in [0.15, 0.2) is 0 Å². The Morgan fingerprint density at radius 1 is 0.925 bits per heavy atom. The van der Waals surface area contributed by atoms with Crippen molar-refractivity contribution < 1.29 is 29.0 Å². The molecule has 2 N–H and O–H groups in total. The molecule has 1 aliphatic rings. The van der Waals surface area contributed by atoms with E-state index in [-0.39, 0.29) is 12.2 Å². The standard InChI is InChI=1S/C31H35N3O6/c1-17-11-10-13-18-20(15-32-25(17)18)23-22(35)16-33(28(37)39-30(2,3)4)27(36)26-24(23)19-12-8-9-14-21(19)34(26)29(38)40-31(5,6)7/h8-15,22-23,32,35H,16H2,1-7H3/t22-,23+/m1/s1. The average Bonchev–Trinajstić information content (AvgIpc) is 3.38. The average molecular weight is 546 g/mol. The summed E-state index contributed by atoms with van der Waals surface area (Å²) < 4.78 is 12.5. The van der Waals surface area contributed by atoms with E-state index in [2.05, 4.69) is 4.98 Å². The molecule has 0 saturated carbocycles. The van der Waals surface area contributed by atoms with Gasteiger partial charge < -0.3 is 19.6 Å². The van der Waals surface area contributed by atoms with Crippen molar-refractivity contribution in [2.24, 2.45) is 0 Å². The van der Waals surface area contributed by atoms with Crippen molar-refractivity contribution in [2.75, 3.05) is 6.54 Å². The molecule has 2 aromatic carbocycles. The molecular formula is C31H35N3O6. The second-order valence-corrected chi connectivity index (χ2v) is 12.3. The number of aliphatic hydroxyl groups is 1. The fourth-order valence-electron chi connectivity index (χ4n) is 5.41. The highest BCUT2D eigenvalue weighted by atomic mass is 16.6. The van der Waals surface area contributed by atoms with Gasteiger partial charge in [-0.2, -0.15) is 0 Å². The Hall–Kier alpha value is -4.11. The third kappa shape index (κ3) is 4.75. The Bertz CT molecular complexity index is 1650. The summed E-state index contributed by atoms with van der Waals surface area (Å²) in [7, 11) is 0. The van der Waals surface area contributed by atoms with Gasteiger partial charge in [0.05, 0.1) is 18.2 Å². The van der Waals surface area contributed by atoms with Gasteiger partial charge in [0.25, 0.3) is 5.91 Å². The van der Waals surface area contributed by atoms with Crippen LogP contribution >= 0.6 is 0 Å². The zero-order chi connectivity index (χ0) is 29.1.